The summed E-state index contributed by atoms with van der Waals surface area (Å²) < 4.78 is 28.7. The maximum absolute atomic E-state index is 14.3. The predicted molar refractivity (Wildman–Crippen MR) is 140 cm³/mol. The Morgan fingerprint density at radius 1 is 1.14 bits per heavy atom. The van der Waals surface area contributed by atoms with Gasteiger partial charge in [0.05, 0.1) is 5.92 Å². The Labute approximate surface area is 222 Å². The van der Waals surface area contributed by atoms with Crippen molar-refractivity contribution in [2.45, 2.75) is 51.0 Å². The standard InChI is InChI=1S/C24H30ClF2N5O.2ClH/c1-15(2)28-13-19(17-4-6-18(25)7-5-17)23(33)32-10-8-31(9-11-32)22-20-16(3)12-24(26,27)21(20)29-14-30-22;;/h4-7,14-16,19,28H,8-13H2,1-3H3;2*1H. The molecule has 1 saturated heterocycles. The third-order valence-corrected chi connectivity index (χ3v) is 6.71. The molecule has 1 N–H and O–H groups in total. The van der Waals surface area contributed by atoms with Crippen LogP contribution in [0.4, 0.5) is 14.6 Å². The number of nitrogens with zero attached hydrogens (tertiary/aromatic N) is 4. The first-order valence-electron chi connectivity index (χ1n) is 11.4. The van der Waals surface area contributed by atoms with Gasteiger partial charge >= 0.3 is 0 Å². The van der Waals surface area contributed by atoms with Crippen molar-refractivity contribution in [3.63, 3.8) is 0 Å². The lowest BCUT2D eigenvalue weighted by atomic mass is 9.96. The van der Waals surface area contributed by atoms with Crippen LogP contribution in [0.25, 0.3) is 0 Å². The summed E-state index contributed by atoms with van der Waals surface area (Å²) in [5, 5.41) is 4.01. The summed E-state index contributed by atoms with van der Waals surface area (Å²) in [5.41, 5.74) is 1.31. The van der Waals surface area contributed by atoms with E-state index in [-0.39, 0.29) is 60.7 Å². The van der Waals surface area contributed by atoms with E-state index in [9.17, 15) is 13.6 Å². The lowest BCUT2D eigenvalue weighted by molar-refractivity contribution is -0.133. The number of amides is 1. The van der Waals surface area contributed by atoms with Crippen molar-refractivity contribution in [3.8, 4) is 0 Å². The van der Waals surface area contributed by atoms with Crippen molar-refractivity contribution in [2.24, 2.45) is 0 Å². The normalized spacial score (nSPS) is 19.6. The molecular weight excluding hydrogens is 519 g/mol. The molecule has 1 aromatic heterocycles. The smallest absolute Gasteiger partial charge is 0.290 e. The summed E-state index contributed by atoms with van der Waals surface area (Å²) in [4.78, 5) is 25.6. The molecule has 2 atom stereocenters. The van der Waals surface area contributed by atoms with Gasteiger partial charge in [0.1, 0.15) is 17.8 Å². The topological polar surface area (TPSA) is 61.4 Å². The summed E-state index contributed by atoms with van der Waals surface area (Å²) in [6.45, 7) is 8.52. The highest BCUT2D eigenvalue weighted by atomic mass is 35.5. The number of carbonyl (C=O) groups is 1. The van der Waals surface area contributed by atoms with Gasteiger partial charge in [-0.15, -0.1) is 24.8 Å². The second-order valence-electron chi connectivity index (χ2n) is 9.25. The number of anilines is 1. The van der Waals surface area contributed by atoms with Crippen LogP contribution in [0.3, 0.4) is 0 Å². The average Bonchev–Trinajstić information content (AvgIpc) is 3.03. The van der Waals surface area contributed by atoms with E-state index < -0.39 is 5.92 Å². The molecule has 2 unspecified atom stereocenters. The Morgan fingerprint density at radius 3 is 2.37 bits per heavy atom. The molecule has 0 bridgehead atoms. The first-order chi connectivity index (χ1) is 15.7. The molecule has 2 heterocycles. The van der Waals surface area contributed by atoms with Crippen LogP contribution in [-0.4, -0.2) is 59.5 Å². The van der Waals surface area contributed by atoms with E-state index >= 15 is 0 Å². The molecule has 1 fully saturated rings. The summed E-state index contributed by atoms with van der Waals surface area (Å²) >= 11 is 6.04. The van der Waals surface area contributed by atoms with Crippen LogP contribution in [0.15, 0.2) is 30.6 Å². The number of nitrogens with one attached hydrogen (secondary N) is 1. The lowest BCUT2D eigenvalue weighted by Crippen LogP contribution is -2.51. The number of fused-ring (bicyclic) bond motifs is 1. The minimum Gasteiger partial charge on any atom is -0.353 e. The second-order valence-corrected chi connectivity index (χ2v) is 9.69. The Bertz CT molecular complexity index is 1000. The van der Waals surface area contributed by atoms with Crippen LogP contribution in [-0.2, 0) is 10.7 Å². The molecule has 0 spiro atoms. The number of alkyl halides is 2. The SMILES string of the molecule is CC(C)NCC(C(=O)N1CCN(c2ncnc3c2C(C)CC3(F)F)CC1)c1ccc(Cl)cc1.Cl.Cl. The number of halogens is 5. The Balaban J connectivity index is 0.00000216. The van der Waals surface area contributed by atoms with Gasteiger partial charge in [0.2, 0.25) is 5.91 Å². The van der Waals surface area contributed by atoms with Crippen molar-refractivity contribution >= 4 is 48.1 Å². The van der Waals surface area contributed by atoms with E-state index in [4.69, 9.17) is 11.6 Å². The number of piperazine rings is 1. The summed E-state index contributed by atoms with van der Waals surface area (Å²) in [5.74, 6) is -2.91. The third-order valence-electron chi connectivity index (χ3n) is 6.46. The predicted octanol–water partition coefficient (Wildman–Crippen LogP) is 5.00. The van der Waals surface area contributed by atoms with Gasteiger partial charge in [-0.2, -0.15) is 8.78 Å². The molecule has 194 valence electrons. The van der Waals surface area contributed by atoms with Crippen LogP contribution in [0.5, 0.6) is 0 Å². The molecule has 1 aliphatic heterocycles. The molecule has 2 aliphatic rings. The Morgan fingerprint density at radius 2 is 1.77 bits per heavy atom. The Kier molecular flexibility index (Phi) is 10.1. The van der Waals surface area contributed by atoms with Crippen LogP contribution in [0.2, 0.25) is 5.02 Å². The Hall–Kier alpha value is -1.74. The molecule has 2 aromatic rings. The van der Waals surface area contributed by atoms with Crippen molar-refractivity contribution in [2.75, 3.05) is 37.6 Å². The molecule has 1 aliphatic carbocycles. The second kappa shape index (κ2) is 12.0. The minimum absolute atomic E-state index is 0. The molecule has 6 nitrogen and oxygen atoms in total. The van der Waals surface area contributed by atoms with Crippen molar-refractivity contribution in [3.05, 3.63) is 52.4 Å². The van der Waals surface area contributed by atoms with E-state index in [1.54, 1.807) is 19.1 Å². The number of aromatic nitrogens is 2. The van der Waals surface area contributed by atoms with Gasteiger partial charge in [-0.05, 0) is 23.6 Å². The first kappa shape index (κ1) is 29.5. The zero-order chi connectivity index (χ0) is 23.8. The molecule has 0 saturated carbocycles. The average molecular weight is 551 g/mol. The lowest BCUT2D eigenvalue weighted by Gasteiger charge is -2.38. The molecule has 35 heavy (non-hydrogen) atoms. The van der Waals surface area contributed by atoms with Crippen LogP contribution >= 0.6 is 36.4 Å². The highest BCUT2D eigenvalue weighted by molar-refractivity contribution is 6.30. The zero-order valence-corrected chi connectivity index (χ0v) is 22.4. The molecular formula is C24H32Cl3F2N5O. The van der Waals surface area contributed by atoms with Gasteiger partial charge in [-0.1, -0.05) is 44.5 Å². The number of hydrogen-bond donors (Lipinski definition) is 1. The summed E-state index contributed by atoms with van der Waals surface area (Å²) in [6, 6.07) is 7.65. The molecule has 0 radical (unpaired) electrons. The number of hydrogen-bond acceptors (Lipinski definition) is 5. The van der Waals surface area contributed by atoms with E-state index in [0.717, 1.165) is 5.56 Å². The van der Waals surface area contributed by atoms with Gasteiger partial charge in [0.15, 0.2) is 0 Å². The van der Waals surface area contributed by atoms with Gasteiger partial charge in [0, 0.05) is 55.8 Å². The molecule has 4 rings (SSSR count). The largest absolute Gasteiger partial charge is 0.353 e. The fourth-order valence-electron chi connectivity index (χ4n) is 4.72. The minimum atomic E-state index is -2.92. The molecule has 11 heteroatoms. The molecule has 1 aromatic carbocycles. The van der Waals surface area contributed by atoms with Gasteiger partial charge in [-0.25, -0.2) is 9.97 Å². The van der Waals surface area contributed by atoms with Crippen LogP contribution in [0.1, 0.15) is 55.8 Å². The highest BCUT2D eigenvalue weighted by Crippen LogP contribution is 2.49. The van der Waals surface area contributed by atoms with E-state index in [0.29, 0.717) is 49.1 Å². The number of rotatable bonds is 6. The maximum atomic E-state index is 14.3. The quantitative estimate of drug-likeness (QED) is 0.548. The number of carbonyl (C=O) groups excluding carboxylic acids is 1. The van der Waals surface area contributed by atoms with Gasteiger partial charge in [0.25, 0.3) is 5.92 Å². The maximum Gasteiger partial charge on any atom is 0.290 e. The van der Waals surface area contributed by atoms with Crippen LogP contribution in [0, 0.1) is 0 Å². The van der Waals surface area contributed by atoms with Gasteiger partial charge < -0.3 is 15.1 Å². The summed E-state index contributed by atoms with van der Waals surface area (Å²) in [7, 11) is 0. The van der Waals surface area contributed by atoms with Crippen molar-refractivity contribution in [1.82, 2.24) is 20.2 Å². The zero-order valence-electron chi connectivity index (χ0n) is 20.0. The monoisotopic (exact) mass is 549 g/mol. The number of benzene rings is 1. The van der Waals surface area contributed by atoms with Crippen LogP contribution < -0.4 is 10.2 Å². The third kappa shape index (κ3) is 6.34. The van der Waals surface area contributed by atoms with Gasteiger partial charge in [-0.3, -0.25) is 4.79 Å². The fraction of sp³-hybridized carbons (Fsp3) is 0.542. The van der Waals surface area contributed by atoms with E-state index in [1.165, 1.54) is 6.33 Å². The molecule has 1 amide bonds. The first-order valence-corrected chi connectivity index (χ1v) is 11.8. The van der Waals surface area contributed by atoms with Crippen molar-refractivity contribution < 1.29 is 13.6 Å². The summed E-state index contributed by atoms with van der Waals surface area (Å²) in [6.07, 6.45) is 0.990. The van der Waals surface area contributed by atoms with E-state index in [2.05, 4.69) is 15.3 Å². The van der Waals surface area contributed by atoms with E-state index in [1.807, 2.05) is 35.8 Å². The fourth-order valence-corrected chi connectivity index (χ4v) is 4.85. The highest BCUT2D eigenvalue weighted by Gasteiger charge is 2.47. The van der Waals surface area contributed by atoms with Crippen molar-refractivity contribution in [1.29, 1.82) is 0 Å².